The van der Waals surface area contributed by atoms with Crippen LogP contribution in [0.15, 0.2) is 36.4 Å². The van der Waals surface area contributed by atoms with E-state index in [4.69, 9.17) is 4.74 Å². The molecule has 1 aromatic carbocycles. The highest BCUT2D eigenvalue weighted by molar-refractivity contribution is 7.99. The van der Waals surface area contributed by atoms with E-state index in [1.807, 2.05) is 23.3 Å². The van der Waals surface area contributed by atoms with Gasteiger partial charge in [-0.2, -0.15) is 11.8 Å². The predicted molar refractivity (Wildman–Crippen MR) is 124 cm³/mol. The molecule has 0 saturated carbocycles. The van der Waals surface area contributed by atoms with Crippen LogP contribution in [0.3, 0.4) is 0 Å². The third-order valence-corrected chi connectivity index (χ3v) is 7.62. The molecule has 1 amide bonds. The number of nitrogens with one attached hydrogen (secondary N) is 1. The molecule has 0 aromatic heterocycles. The molecule has 6 nitrogen and oxygen atoms in total. The zero-order valence-corrected chi connectivity index (χ0v) is 18.9. The van der Waals surface area contributed by atoms with Gasteiger partial charge in [-0.05, 0) is 53.8 Å². The van der Waals surface area contributed by atoms with E-state index in [2.05, 4.69) is 29.6 Å². The third-order valence-electron chi connectivity index (χ3n) is 6.54. The van der Waals surface area contributed by atoms with Gasteiger partial charge in [-0.3, -0.25) is 14.5 Å². The number of rotatable bonds is 7. The Bertz CT molecular complexity index is 913. The topological polar surface area (TPSA) is 78.9 Å². The van der Waals surface area contributed by atoms with E-state index >= 15 is 0 Å². The first-order valence-corrected chi connectivity index (χ1v) is 12.2. The number of benzene rings is 1. The Morgan fingerprint density at radius 1 is 1.35 bits per heavy atom. The monoisotopic (exact) mass is 442 g/mol. The van der Waals surface area contributed by atoms with E-state index in [1.54, 1.807) is 11.8 Å². The number of anilines is 1. The number of fused-ring (bicyclic) bond motifs is 3. The van der Waals surface area contributed by atoms with Crippen LogP contribution in [0.5, 0.6) is 0 Å². The van der Waals surface area contributed by atoms with E-state index in [1.165, 1.54) is 18.1 Å². The van der Waals surface area contributed by atoms with Gasteiger partial charge >= 0.3 is 5.97 Å². The molecule has 1 fully saturated rings. The van der Waals surface area contributed by atoms with Gasteiger partial charge in [0.1, 0.15) is 6.23 Å². The van der Waals surface area contributed by atoms with Crippen LogP contribution in [0.25, 0.3) is 5.57 Å². The number of carbonyl (C=O) groups excluding carboxylic acids is 2. The fraction of sp³-hybridized carbons (Fsp3) is 0.500. The Morgan fingerprint density at radius 2 is 2.19 bits per heavy atom. The van der Waals surface area contributed by atoms with Gasteiger partial charge in [0.15, 0.2) is 0 Å². The van der Waals surface area contributed by atoms with Gasteiger partial charge in [-0.15, -0.1) is 0 Å². The minimum atomic E-state index is -0.477. The van der Waals surface area contributed by atoms with Gasteiger partial charge in [0, 0.05) is 43.3 Å². The molecule has 4 unspecified atom stereocenters. The number of allylic oxidation sites excluding steroid dienone is 4. The molecule has 4 rings (SSSR count). The van der Waals surface area contributed by atoms with Crippen molar-refractivity contribution >= 4 is 34.9 Å². The molecular weight excluding hydrogens is 412 g/mol. The van der Waals surface area contributed by atoms with Crippen LogP contribution in [0.4, 0.5) is 5.69 Å². The van der Waals surface area contributed by atoms with Crippen LogP contribution in [0, 0.1) is 5.92 Å². The number of aliphatic hydroxyl groups excluding tert-OH is 1. The van der Waals surface area contributed by atoms with Crippen LogP contribution in [-0.4, -0.2) is 59.3 Å². The molecule has 166 valence electrons. The number of thioether (sulfide) groups is 1. The lowest BCUT2D eigenvalue weighted by atomic mass is 9.86. The minimum Gasteiger partial charge on any atom is -0.465 e. The van der Waals surface area contributed by atoms with Crippen molar-refractivity contribution in [3.8, 4) is 0 Å². The molecule has 1 saturated heterocycles. The van der Waals surface area contributed by atoms with Gasteiger partial charge in [0.2, 0.25) is 5.91 Å². The Kier molecular flexibility index (Phi) is 6.84. The average Bonchev–Trinajstić information content (AvgIpc) is 3.27. The molecule has 1 aromatic rings. The molecule has 2 N–H and O–H groups in total. The van der Waals surface area contributed by atoms with E-state index in [9.17, 15) is 14.7 Å². The summed E-state index contributed by atoms with van der Waals surface area (Å²) in [6, 6.07) is 6.02. The predicted octanol–water partition coefficient (Wildman–Crippen LogP) is 3.39. The highest BCUT2D eigenvalue weighted by atomic mass is 32.2. The number of aliphatic hydroxyl groups is 1. The van der Waals surface area contributed by atoms with Crippen LogP contribution < -0.4 is 5.32 Å². The number of nitrogens with zero attached hydrogens (tertiary/aromatic N) is 1. The van der Waals surface area contributed by atoms with Crippen molar-refractivity contribution in [1.29, 1.82) is 0 Å². The highest BCUT2D eigenvalue weighted by Gasteiger charge is 2.37. The van der Waals surface area contributed by atoms with Gasteiger partial charge in [-0.1, -0.05) is 24.3 Å². The number of hydrogen-bond acceptors (Lipinski definition) is 6. The number of amides is 1. The molecule has 0 spiro atoms. The standard InChI is InChI=1S/C24H30N2O4S/c1-15(27)30-14-21-18-6-4-3-5-17(18)19-8-7-16(13-20(19)21)25-23(28)10-12-26-11-9-22(31-2)24(26)29/h3-5,7-8,13,18,21-22,24,29H,6,9-12,14H2,1-2H3,(H,25,28). The summed E-state index contributed by atoms with van der Waals surface area (Å²) < 4.78 is 5.37. The maximum absolute atomic E-state index is 12.6. The number of likely N-dealkylation sites (tertiary alicyclic amines) is 1. The molecule has 4 atom stereocenters. The summed E-state index contributed by atoms with van der Waals surface area (Å²) in [4.78, 5) is 25.9. The van der Waals surface area contributed by atoms with Crippen molar-refractivity contribution in [2.24, 2.45) is 5.92 Å². The maximum Gasteiger partial charge on any atom is 0.302 e. The van der Waals surface area contributed by atoms with E-state index in [0.29, 0.717) is 25.5 Å². The fourth-order valence-corrected chi connectivity index (χ4v) is 5.68. The molecule has 1 aliphatic heterocycles. The van der Waals surface area contributed by atoms with Gasteiger partial charge in [0.05, 0.1) is 6.61 Å². The summed E-state index contributed by atoms with van der Waals surface area (Å²) >= 11 is 1.67. The average molecular weight is 443 g/mol. The Hall–Kier alpha value is -2.09. The van der Waals surface area contributed by atoms with Crippen LogP contribution in [0.2, 0.25) is 0 Å². The van der Waals surface area contributed by atoms with Crippen molar-refractivity contribution in [3.63, 3.8) is 0 Å². The van der Waals surface area contributed by atoms with E-state index in [-0.39, 0.29) is 23.0 Å². The smallest absolute Gasteiger partial charge is 0.302 e. The lowest BCUT2D eigenvalue weighted by molar-refractivity contribution is -0.141. The highest BCUT2D eigenvalue weighted by Crippen LogP contribution is 2.49. The summed E-state index contributed by atoms with van der Waals surface area (Å²) in [5, 5.41) is 13.5. The van der Waals surface area contributed by atoms with Crippen LogP contribution >= 0.6 is 11.8 Å². The lowest BCUT2D eigenvalue weighted by Gasteiger charge is -2.22. The summed E-state index contributed by atoms with van der Waals surface area (Å²) in [7, 11) is 0. The van der Waals surface area contributed by atoms with Crippen LogP contribution in [0.1, 0.15) is 43.2 Å². The second-order valence-electron chi connectivity index (χ2n) is 8.41. The third kappa shape index (κ3) is 4.73. The molecule has 31 heavy (non-hydrogen) atoms. The molecule has 3 aliphatic rings. The van der Waals surface area contributed by atoms with Crippen molar-refractivity contribution < 1.29 is 19.4 Å². The number of esters is 1. The summed E-state index contributed by atoms with van der Waals surface area (Å²) in [6.45, 7) is 3.15. The van der Waals surface area contributed by atoms with Gasteiger partial charge < -0.3 is 15.2 Å². The number of hydrogen-bond donors (Lipinski definition) is 2. The van der Waals surface area contributed by atoms with Crippen molar-refractivity contribution in [1.82, 2.24) is 4.90 Å². The second-order valence-corrected chi connectivity index (χ2v) is 9.49. The Morgan fingerprint density at radius 3 is 2.94 bits per heavy atom. The molecule has 0 bridgehead atoms. The maximum atomic E-state index is 12.6. The summed E-state index contributed by atoms with van der Waals surface area (Å²) in [5.41, 5.74) is 4.33. The first-order chi connectivity index (χ1) is 15.0. The quantitative estimate of drug-likeness (QED) is 0.630. The molecule has 2 aliphatic carbocycles. The normalized spacial score (nSPS) is 26.9. The Balaban J connectivity index is 1.42. The van der Waals surface area contributed by atoms with Gasteiger partial charge in [-0.25, -0.2) is 0 Å². The van der Waals surface area contributed by atoms with E-state index < -0.39 is 6.23 Å². The second kappa shape index (κ2) is 9.59. The van der Waals surface area contributed by atoms with Crippen molar-refractivity contribution in [3.05, 3.63) is 47.6 Å². The molecular formula is C24H30N2O4S. The van der Waals surface area contributed by atoms with Crippen molar-refractivity contribution in [2.75, 3.05) is 31.3 Å². The fourth-order valence-electron chi connectivity index (χ4n) is 4.92. The molecule has 7 heteroatoms. The molecule has 1 heterocycles. The summed E-state index contributed by atoms with van der Waals surface area (Å²) in [5.74, 6) is 0.0525. The molecule has 0 radical (unpaired) electrons. The zero-order valence-electron chi connectivity index (χ0n) is 18.0. The SMILES string of the molecule is CSC1CCN(CCC(=O)Nc2ccc3c(c2)C(COC(C)=O)C2CC=CC=C32)C1O. The number of carbonyl (C=O) groups is 2. The van der Waals surface area contributed by atoms with E-state index in [0.717, 1.165) is 30.6 Å². The number of ether oxygens (including phenoxy) is 1. The zero-order chi connectivity index (χ0) is 22.0. The van der Waals surface area contributed by atoms with Gasteiger partial charge in [0.25, 0.3) is 0 Å². The minimum absolute atomic E-state index is 0.0624. The first-order valence-electron chi connectivity index (χ1n) is 10.9. The largest absolute Gasteiger partial charge is 0.465 e. The Labute approximate surface area is 187 Å². The van der Waals surface area contributed by atoms with Crippen LogP contribution in [-0.2, 0) is 14.3 Å². The first kappa shape index (κ1) is 22.1. The summed E-state index contributed by atoms with van der Waals surface area (Å²) in [6.07, 6.45) is 10.1. The van der Waals surface area contributed by atoms with Crippen molar-refractivity contribution in [2.45, 2.75) is 43.6 Å². The lowest BCUT2D eigenvalue weighted by Crippen LogP contribution is -2.35.